The van der Waals surface area contributed by atoms with E-state index < -0.39 is 0 Å². The lowest BCUT2D eigenvalue weighted by atomic mass is 10.1. The quantitative estimate of drug-likeness (QED) is 0.763. The third kappa shape index (κ3) is 3.12. The Bertz CT molecular complexity index is 798. The van der Waals surface area contributed by atoms with Crippen LogP contribution < -0.4 is 5.32 Å². The standard InChI is InChI=1S/C17H16ClN3O/c1-11-7-8-12(2)15(9-11)19-10-16-20-21-17(22-16)13-5-3-4-6-14(13)18/h3-9,19H,10H2,1-2H3. The number of hydrogen-bond donors (Lipinski definition) is 1. The monoisotopic (exact) mass is 313 g/mol. The van der Waals surface area contributed by atoms with E-state index in [0.29, 0.717) is 23.3 Å². The second-order valence-electron chi connectivity index (χ2n) is 5.15. The van der Waals surface area contributed by atoms with E-state index in [0.717, 1.165) is 11.3 Å². The molecule has 0 aliphatic heterocycles. The first-order valence-electron chi connectivity index (χ1n) is 7.02. The molecule has 0 bridgehead atoms. The maximum Gasteiger partial charge on any atom is 0.249 e. The fraction of sp³-hybridized carbons (Fsp3) is 0.176. The van der Waals surface area contributed by atoms with Crippen LogP contribution in [-0.2, 0) is 6.54 Å². The first-order valence-corrected chi connectivity index (χ1v) is 7.39. The van der Waals surface area contributed by atoms with Crippen LogP contribution in [0.1, 0.15) is 17.0 Å². The summed E-state index contributed by atoms with van der Waals surface area (Å²) in [5.41, 5.74) is 4.19. The molecule has 0 atom stereocenters. The van der Waals surface area contributed by atoms with Gasteiger partial charge in [0, 0.05) is 5.69 Å². The van der Waals surface area contributed by atoms with E-state index in [-0.39, 0.29) is 0 Å². The van der Waals surface area contributed by atoms with Gasteiger partial charge in [-0.1, -0.05) is 35.9 Å². The normalized spacial score (nSPS) is 10.7. The average Bonchev–Trinajstić information content (AvgIpc) is 2.97. The molecular formula is C17H16ClN3O. The van der Waals surface area contributed by atoms with Gasteiger partial charge in [0.15, 0.2) is 0 Å². The van der Waals surface area contributed by atoms with Gasteiger partial charge < -0.3 is 9.73 Å². The molecule has 1 aromatic heterocycles. The molecule has 22 heavy (non-hydrogen) atoms. The summed E-state index contributed by atoms with van der Waals surface area (Å²) in [5, 5.41) is 12.0. The fourth-order valence-corrected chi connectivity index (χ4v) is 2.38. The maximum absolute atomic E-state index is 6.14. The first-order chi connectivity index (χ1) is 10.6. The smallest absolute Gasteiger partial charge is 0.249 e. The van der Waals surface area contributed by atoms with Crippen molar-refractivity contribution >= 4 is 17.3 Å². The van der Waals surface area contributed by atoms with Gasteiger partial charge in [0.1, 0.15) is 0 Å². The number of halogens is 1. The van der Waals surface area contributed by atoms with Gasteiger partial charge in [0.2, 0.25) is 11.8 Å². The number of aryl methyl sites for hydroxylation is 2. The number of aromatic nitrogens is 2. The molecule has 1 heterocycles. The summed E-state index contributed by atoms with van der Waals surface area (Å²) in [6.45, 7) is 4.60. The van der Waals surface area contributed by atoms with Gasteiger partial charge in [-0.15, -0.1) is 10.2 Å². The summed E-state index contributed by atoms with van der Waals surface area (Å²) >= 11 is 6.14. The Kier molecular flexibility index (Phi) is 4.11. The number of nitrogens with zero attached hydrogens (tertiary/aromatic N) is 2. The second-order valence-corrected chi connectivity index (χ2v) is 5.56. The highest BCUT2D eigenvalue weighted by molar-refractivity contribution is 6.33. The summed E-state index contributed by atoms with van der Waals surface area (Å²) in [4.78, 5) is 0. The number of nitrogens with one attached hydrogen (secondary N) is 1. The highest BCUT2D eigenvalue weighted by atomic mass is 35.5. The van der Waals surface area contributed by atoms with Crippen LogP contribution in [0.2, 0.25) is 5.02 Å². The van der Waals surface area contributed by atoms with Crippen molar-refractivity contribution in [1.29, 1.82) is 0 Å². The van der Waals surface area contributed by atoms with Crippen molar-refractivity contribution in [2.75, 3.05) is 5.32 Å². The van der Waals surface area contributed by atoms with Crippen LogP contribution in [0.15, 0.2) is 46.9 Å². The van der Waals surface area contributed by atoms with Crippen molar-refractivity contribution < 1.29 is 4.42 Å². The highest BCUT2D eigenvalue weighted by Gasteiger charge is 2.11. The van der Waals surface area contributed by atoms with Crippen LogP contribution in [-0.4, -0.2) is 10.2 Å². The zero-order valence-corrected chi connectivity index (χ0v) is 13.2. The second kappa shape index (κ2) is 6.20. The van der Waals surface area contributed by atoms with Gasteiger partial charge in [0.05, 0.1) is 17.1 Å². The Morgan fingerprint density at radius 1 is 1.09 bits per heavy atom. The Hall–Kier alpha value is -2.33. The Morgan fingerprint density at radius 3 is 2.73 bits per heavy atom. The molecule has 5 heteroatoms. The minimum absolute atomic E-state index is 0.434. The zero-order chi connectivity index (χ0) is 15.5. The van der Waals surface area contributed by atoms with Gasteiger partial charge in [-0.2, -0.15) is 0 Å². The van der Waals surface area contributed by atoms with Crippen LogP contribution in [0.4, 0.5) is 5.69 Å². The zero-order valence-electron chi connectivity index (χ0n) is 12.4. The predicted molar refractivity (Wildman–Crippen MR) is 88.0 cm³/mol. The molecule has 0 spiro atoms. The Morgan fingerprint density at radius 2 is 1.91 bits per heavy atom. The topological polar surface area (TPSA) is 51.0 Å². The molecule has 0 aliphatic rings. The van der Waals surface area contributed by atoms with E-state index in [1.165, 1.54) is 11.1 Å². The molecule has 0 aliphatic carbocycles. The summed E-state index contributed by atoms with van der Waals surface area (Å²) in [6.07, 6.45) is 0. The van der Waals surface area contributed by atoms with E-state index in [9.17, 15) is 0 Å². The van der Waals surface area contributed by atoms with Gasteiger partial charge in [-0.25, -0.2) is 0 Å². The fourth-order valence-electron chi connectivity index (χ4n) is 2.17. The van der Waals surface area contributed by atoms with Gasteiger partial charge in [-0.3, -0.25) is 0 Å². The molecule has 3 aromatic rings. The maximum atomic E-state index is 6.14. The number of benzene rings is 2. The van der Waals surface area contributed by atoms with E-state index >= 15 is 0 Å². The number of rotatable bonds is 4. The lowest BCUT2D eigenvalue weighted by Gasteiger charge is -2.08. The molecule has 112 valence electrons. The van der Waals surface area contributed by atoms with Crippen molar-refractivity contribution in [2.45, 2.75) is 20.4 Å². The van der Waals surface area contributed by atoms with Crippen molar-refractivity contribution in [3.8, 4) is 11.5 Å². The highest BCUT2D eigenvalue weighted by Crippen LogP contribution is 2.26. The van der Waals surface area contributed by atoms with Gasteiger partial charge >= 0.3 is 0 Å². The third-order valence-corrected chi connectivity index (χ3v) is 3.72. The Labute approximate surface area is 134 Å². The lowest BCUT2D eigenvalue weighted by Crippen LogP contribution is -2.01. The van der Waals surface area contributed by atoms with E-state index in [1.54, 1.807) is 6.07 Å². The number of anilines is 1. The molecule has 3 rings (SSSR count). The SMILES string of the molecule is Cc1ccc(C)c(NCc2nnc(-c3ccccc3Cl)o2)c1. The molecule has 0 saturated carbocycles. The average molecular weight is 314 g/mol. The van der Waals surface area contributed by atoms with E-state index in [1.807, 2.05) is 18.2 Å². The van der Waals surface area contributed by atoms with Gasteiger partial charge in [0.25, 0.3) is 0 Å². The van der Waals surface area contributed by atoms with Crippen molar-refractivity contribution in [3.05, 3.63) is 64.5 Å². The van der Waals surface area contributed by atoms with Crippen LogP contribution in [0.25, 0.3) is 11.5 Å². The third-order valence-electron chi connectivity index (χ3n) is 3.39. The van der Waals surface area contributed by atoms with Gasteiger partial charge in [-0.05, 0) is 43.2 Å². The molecule has 2 aromatic carbocycles. The molecule has 0 unspecified atom stereocenters. The minimum Gasteiger partial charge on any atom is -0.419 e. The van der Waals surface area contributed by atoms with Crippen molar-refractivity contribution in [1.82, 2.24) is 10.2 Å². The van der Waals surface area contributed by atoms with E-state index in [4.69, 9.17) is 16.0 Å². The lowest BCUT2D eigenvalue weighted by molar-refractivity contribution is 0.515. The van der Waals surface area contributed by atoms with Crippen molar-refractivity contribution in [3.63, 3.8) is 0 Å². The molecule has 0 fully saturated rings. The first kappa shape index (κ1) is 14.6. The molecule has 4 nitrogen and oxygen atoms in total. The van der Waals surface area contributed by atoms with Crippen LogP contribution in [0, 0.1) is 13.8 Å². The molecule has 0 radical (unpaired) electrons. The molecule has 1 N–H and O–H groups in total. The molecule has 0 saturated heterocycles. The number of hydrogen-bond acceptors (Lipinski definition) is 4. The summed E-state index contributed by atoms with van der Waals surface area (Å²) in [7, 11) is 0. The molecule has 0 amide bonds. The summed E-state index contributed by atoms with van der Waals surface area (Å²) < 4.78 is 5.67. The van der Waals surface area contributed by atoms with Crippen LogP contribution >= 0.6 is 11.6 Å². The van der Waals surface area contributed by atoms with Crippen LogP contribution in [0.5, 0.6) is 0 Å². The Balaban J connectivity index is 1.75. The largest absolute Gasteiger partial charge is 0.419 e. The summed E-state index contributed by atoms with van der Waals surface area (Å²) in [6, 6.07) is 13.7. The summed E-state index contributed by atoms with van der Waals surface area (Å²) in [5.74, 6) is 0.958. The predicted octanol–water partition coefficient (Wildman–Crippen LogP) is 4.62. The van der Waals surface area contributed by atoms with Crippen LogP contribution in [0.3, 0.4) is 0 Å². The van der Waals surface area contributed by atoms with Crippen molar-refractivity contribution in [2.24, 2.45) is 0 Å². The van der Waals surface area contributed by atoms with E-state index in [2.05, 4.69) is 47.6 Å². The minimum atomic E-state index is 0.434. The molecular weight excluding hydrogens is 298 g/mol.